The van der Waals surface area contributed by atoms with Crippen LogP contribution in [0.4, 0.5) is 10.5 Å². The number of aromatic nitrogens is 3. The van der Waals surface area contributed by atoms with Gasteiger partial charge >= 0.3 is 6.03 Å². The van der Waals surface area contributed by atoms with Crippen LogP contribution in [0, 0.1) is 6.92 Å². The highest BCUT2D eigenvalue weighted by atomic mass is 16.5. The lowest BCUT2D eigenvalue weighted by molar-refractivity contribution is 0.194. The average Bonchev–Trinajstić information content (AvgIpc) is 3.55. The summed E-state index contributed by atoms with van der Waals surface area (Å²) in [6, 6.07) is 29.6. The maximum absolute atomic E-state index is 14.1. The molecule has 5 aromatic rings. The zero-order valence-corrected chi connectivity index (χ0v) is 22.3. The van der Waals surface area contributed by atoms with E-state index in [0.717, 1.165) is 57.4 Å². The lowest BCUT2D eigenvalue weighted by Crippen LogP contribution is -2.38. The Balaban J connectivity index is 1.55. The van der Waals surface area contributed by atoms with Crippen LogP contribution in [0.1, 0.15) is 41.0 Å². The average molecular weight is 518 g/mol. The van der Waals surface area contributed by atoms with Crippen LogP contribution in [-0.2, 0) is 13.0 Å². The molecule has 39 heavy (non-hydrogen) atoms. The molecule has 1 N–H and O–H groups in total. The number of carbonyl (C=O) groups is 1. The minimum absolute atomic E-state index is 0.179. The highest BCUT2D eigenvalue weighted by Crippen LogP contribution is 2.39. The summed E-state index contributed by atoms with van der Waals surface area (Å²) in [7, 11) is 1.66. The number of rotatable bonds is 5. The van der Waals surface area contributed by atoms with Crippen LogP contribution in [-0.4, -0.2) is 32.4 Å². The number of hydrogen-bond acceptors (Lipinski definition) is 3. The number of amides is 2. The van der Waals surface area contributed by atoms with Crippen LogP contribution in [0.25, 0.3) is 11.5 Å². The smallest absolute Gasteiger partial charge is 0.322 e. The summed E-state index contributed by atoms with van der Waals surface area (Å²) in [5.41, 5.74) is 6.81. The van der Waals surface area contributed by atoms with E-state index in [0.29, 0.717) is 6.54 Å². The van der Waals surface area contributed by atoms with Gasteiger partial charge in [0.25, 0.3) is 0 Å². The van der Waals surface area contributed by atoms with E-state index in [4.69, 9.17) is 9.84 Å². The lowest BCUT2D eigenvalue weighted by Gasteiger charge is -2.31. The van der Waals surface area contributed by atoms with Crippen molar-refractivity contribution < 1.29 is 9.53 Å². The molecule has 0 bridgehead atoms. The third-order valence-electron chi connectivity index (χ3n) is 7.28. The van der Waals surface area contributed by atoms with E-state index in [2.05, 4.69) is 47.3 Å². The zero-order chi connectivity index (χ0) is 26.9. The third-order valence-corrected chi connectivity index (χ3v) is 7.28. The molecular weight excluding hydrogens is 486 g/mol. The van der Waals surface area contributed by atoms with E-state index in [9.17, 15) is 4.79 Å². The monoisotopic (exact) mass is 517 g/mol. The van der Waals surface area contributed by atoms with Crippen LogP contribution in [0.15, 0.2) is 97.2 Å². The molecule has 1 aliphatic rings. The Kier molecular flexibility index (Phi) is 6.40. The van der Waals surface area contributed by atoms with Crippen molar-refractivity contribution in [1.82, 2.24) is 19.2 Å². The molecule has 0 aliphatic carbocycles. The number of anilines is 1. The van der Waals surface area contributed by atoms with E-state index in [1.807, 2.05) is 83.2 Å². The third kappa shape index (κ3) is 4.46. The van der Waals surface area contributed by atoms with Crippen molar-refractivity contribution in [2.75, 3.05) is 12.4 Å². The van der Waals surface area contributed by atoms with E-state index in [-0.39, 0.29) is 12.1 Å². The van der Waals surface area contributed by atoms with Crippen molar-refractivity contribution in [2.24, 2.45) is 0 Å². The van der Waals surface area contributed by atoms with Gasteiger partial charge < -0.3 is 19.5 Å². The topological polar surface area (TPSA) is 64.3 Å². The molecule has 2 amide bonds. The fraction of sp³-hybridized carbons (Fsp3) is 0.188. The van der Waals surface area contributed by atoms with Crippen molar-refractivity contribution in [3.05, 3.63) is 125 Å². The fourth-order valence-corrected chi connectivity index (χ4v) is 5.34. The van der Waals surface area contributed by atoms with Gasteiger partial charge in [-0.15, -0.1) is 0 Å². The van der Waals surface area contributed by atoms with Gasteiger partial charge in [-0.2, -0.15) is 5.10 Å². The molecule has 0 radical (unpaired) electrons. The summed E-state index contributed by atoms with van der Waals surface area (Å²) >= 11 is 0. The van der Waals surface area contributed by atoms with Crippen molar-refractivity contribution >= 4 is 11.7 Å². The number of para-hydroxylation sites is 1. The van der Waals surface area contributed by atoms with Gasteiger partial charge in [-0.05, 0) is 67.4 Å². The molecule has 0 saturated heterocycles. The summed E-state index contributed by atoms with van der Waals surface area (Å²) in [6.45, 7) is 4.54. The minimum atomic E-state index is -0.359. The van der Waals surface area contributed by atoms with Gasteiger partial charge in [-0.3, -0.25) is 0 Å². The van der Waals surface area contributed by atoms with Gasteiger partial charge in [-0.1, -0.05) is 55.0 Å². The first-order valence-corrected chi connectivity index (χ1v) is 13.2. The Labute approximate surface area is 228 Å². The standard InChI is InChI=1S/C32H31N5O2/c1-4-28-27-21-36(32(38)33-24-17-15-22(2)16-18-24)30(23-10-8-13-26(20-23)39-3)29-14-9-19-35(29)31(27)37(34-28)25-11-6-5-7-12-25/h5-20,30H,4,21H2,1-3H3,(H,33,38)/t30-/m0/s1. The van der Waals surface area contributed by atoms with Crippen molar-refractivity contribution in [1.29, 1.82) is 0 Å². The van der Waals surface area contributed by atoms with Gasteiger partial charge in [0.15, 0.2) is 0 Å². The molecule has 196 valence electrons. The summed E-state index contributed by atoms with van der Waals surface area (Å²) in [6.07, 6.45) is 2.80. The second-order valence-corrected chi connectivity index (χ2v) is 9.76. The molecule has 7 heteroatoms. The van der Waals surface area contributed by atoms with Crippen molar-refractivity contribution in [2.45, 2.75) is 32.9 Å². The van der Waals surface area contributed by atoms with Crippen molar-refractivity contribution in [3.63, 3.8) is 0 Å². The zero-order valence-electron chi connectivity index (χ0n) is 22.3. The Morgan fingerprint density at radius 1 is 1.00 bits per heavy atom. The second-order valence-electron chi connectivity index (χ2n) is 9.76. The van der Waals surface area contributed by atoms with Gasteiger partial charge in [0.1, 0.15) is 11.6 Å². The molecule has 1 atom stereocenters. The largest absolute Gasteiger partial charge is 0.497 e. The molecule has 0 saturated carbocycles. The molecule has 0 fully saturated rings. The number of urea groups is 1. The first-order chi connectivity index (χ1) is 19.1. The van der Waals surface area contributed by atoms with Crippen LogP contribution >= 0.6 is 0 Å². The second kappa shape index (κ2) is 10.2. The number of aryl methyl sites for hydroxylation is 2. The first-order valence-electron chi connectivity index (χ1n) is 13.2. The molecule has 3 aromatic carbocycles. The molecular formula is C32H31N5O2. The molecule has 7 nitrogen and oxygen atoms in total. The Morgan fingerprint density at radius 3 is 2.54 bits per heavy atom. The lowest BCUT2D eigenvalue weighted by atomic mass is 10.0. The molecule has 0 unspecified atom stereocenters. The minimum Gasteiger partial charge on any atom is -0.497 e. The predicted octanol–water partition coefficient (Wildman–Crippen LogP) is 6.68. The number of fused-ring (bicyclic) bond motifs is 3. The summed E-state index contributed by atoms with van der Waals surface area (Å²) in [5.74, 6) is 1.70. The van der Waals surface area contributed by atoms with Gasteiger partial charge in [-0.25, -0.2) is 9.48 Å². The highest BCUT2D eigenvalue weighted by molar-refractivity contribution is 5.90. The normalized spacial score (nSPS) is 14.3. The summed E-state index contributed by atoms with van der Waals surface area (Å²) in [5, 5.41) is 8.17. The molecule has 6 rings (SSSR count). The number of nitrogens with one attached hydrogen (secondary N) is 1. The SMILES string of the molecule is CCc1nn(-c2ccccc2)c2c1CN(C(=O)Nc1ccc(C)cc1)[C@@H](c1cccc(OC)c1)c1cccn1-2. The Morgan fingerprint density at radius 2 is 1.79 bits per heavy atom. The molecule has 2 aromatic heterocycles. The first kappa shape index (κ1) is 24.6. The van der Waals surface area contributed by atoms with Crippen molar-refractivity contribution in [3.8, 4) is 17.3 Å². The number of methoxy groups -OCH3 is 1. The maximum atomic E-state index is 14.1. The number of carbonyl (C=O) groups excluding carboxylic acids is 1. The fourth-order valence-electron chi connectivity index (χ4n) is 5.34. The van der Waals surface area contributed by atoms with Gasteiger partial charge in [0.05, 0.1) is 36.8 Å². The van der Waals surface area contributed by atoms with E-state index in [1.165, 1.54) is 0 Å². The quantitative estimate of drug-likeness (QED) is 0.283. The van der Waals surface area contributed by atoms with Crippen LogP contribution < -0.4 is 10.1 Å². The number of hydrogen-bond donors (Lipinski definition) is 1. The maximum Gasteiger partial charge on any atom is 0.322 e. The van der Waals surface area contributed by atoms with E-state index >= 15 is 0 Å². The Bertz CT molecular complexity index is 1620. The van der Waals surface area contributed by atoms with Crippen LogP contribution in [0.2, 0.25) is 0 Å². The number of benzene rings is 3. The van der Waals surface area contributed by atoms with Crippen LogP contribution in [0.5, 0.6) is 5.75 Å². The molecule has 0 spiro atoms. The van der Waals surface area contributed by atoms with E-state index < -0.39 is 0 Å². The number of nitrogens with zero attached hydrogens (tertiary/aromatic N) is 4. The summed E-state index contributed by atoms with van der Waals surface area (Å²) in [4.78, 5) is 16.0. The Hall–Kier alpha value is -4.78. The predicted molar refractivity (Wildman–Crippen MR) is 153 cm³/mol. The van der Waals surface area contributed by atoms with Crippen LogP contribution in [0.3, 0.4) is 0 Å². The molecule has 3 heterocycles. The van der Waals surface area contributed by atoms with Gasteiger partial charge in [0, 0.05) is 17.4 Å². The number of ether oxygens (including phenoxy) is 1. The molecule has 1 aliphatic heterocycles. The van der Waals surface area contributed by atoms with E-state index in [1.54, 1.807) is 7.11 Å². The highest BCUT2D eigenvalue weighted by Gasteiger charge is 2.36. The summed E-state index contributed by atoms with van der Waals surface area (Å²) < 4.78 is 9.75. The van der Waals surface area contributed by atoms with Gasteiger partial charge in [0.2, 0.25) is 0 Å².